The standard InChI is InChI=1S/C17H22N2O5/c1-11(2)7-13(17(21)23-4)19-16(20)10-24-14-6-5-12(9-18)8-15(14)22-3/h5-6,8,11,13H,7,10H2,1-4H3,(H,19,20)/t13-/m1/s1. The van der Waals surface area contributed by atoms with Crippen LogP contribution in [0.15, 0.2) is 18.2 Å². The van der Waals surface area contributed by atoms with Crippen LogP contribution in [0.25, 0.3) is 0 Å². The third-order valence-electron chi connectivity index (χ3n) is 3.18. The molecule has 0 bridgehead atoms. The maximum absolute atomic E-state index is 12.0. The number of hydrogen-bond donors (Lipinski definition) is 1. The van der Waals surface area contributed by atoms with Gasteiger partial charge < -0.3 is 19.5 Å². The summed E-state index contributed by atoms with van der Waals surface area (Å²) in [6.45, 7) is 3.61. The number of nitrogens with zero attached hydrogens (tertiary/aromatic N) is 1. The van der Waals surface area contributed by atoms with Gasteiger partial charge in [0.1, 0.15) is 6.04 Å². The number of ether oxygens (including phenoxy) is 3. The van der Waals surface area contributed by atoms with Crippen molar-refractivity contribution in [2.24, 2.45) is 5.92 Å². The molecule has 0 aliphatic carbocycles. The first-order chi connectivity index (χ1) is 11.4. The van der Waals surface area contributed by atoms with Crippen LogP contribution >= 0.6 is 0 Å². The number of rotatable bonds is 8. The predicted octanol–water partition coefficient (Wildman–Crippen LogP) is 1.65. The largest absolute Gasteiger partial charge is 0.493 e. The molecule has 130 valence electrons. The van der Waals surface area contributed by atoms with E-state index in [9.17, 15) is 9.59 Å². The summed E-state index contributed by atoms with van der Waals surface area (Å²) in [6.07, 6.45) is 0.471. The Balaban J connectivity index is 2.68. The Bertz CT molecular complexity index is 622. The summed E-state index contributed by atoms with van der Waals surface area (Å²) in [4.78, 5) is 23.7. The monoisotopic (exact) mass is 334 g/mol. The van der Waals surface area contributed by atoms with Crippen LogP contribution < -0.4 is 14.8 Å². The zero-order valence-corrected chi connectivity index (χ0v) is 14.3. The molecule has 0 unspecified atom stereocenters. The van der Waals surface area contributed by atoms with Crippen molar-refractivity contribution in [2.75, 3.05) is 20.8 Å². The predicted molar refractivity (Wildman–Crippen MR) is 86.6 cm³/mol. The van der Waals surface area contributed by atoms with E-state index >= 15 is 0 Å². The molecule has 7 heteroatoms. The van der Waals surface area contributed by atoms with E-state index in [1.54, 1.807) is 12.1 Å². The van der Waals surface area contributed by atoms with E-state index in [4.69, 9.17) is 19.5 Å². The molecule has 0 heterocycles. The smallest absolute Gasteiger partial charge is 0.328 e. The number of methoxy groups -OCH3 is 2. The molecule has 1 rings (SSSR count). The topological polar surface area (TPSA) is 97.6 Å². The van der Waals surface area contributed by atoms with Crippen molar-refractivity contribution in [2.45, 2.75) is 26.3 Å². The maximum Gasteiger partial charge on any atom is 0.328 e. The van der Waals surface area contributed by atoms with Crippen LogP contribution in [0.2, 0.25) is 0 Å². The van der Waals surface area contributed by atoms with Crippen molar-refractivity contribution in [1.29, 1.82) is 5.26 Å². The summed E-state index contributed by atoms with van der Waals surface area (Å²) in [5.41, 5.74) is 0.423. The quantitative estimate of drug-likeness (QED) is 0.726. The molecule has 0 aromatic heterocycles. The number of carbonyl (C=O) groups excluding carboxylic acids is 2. The molecule has 0 fully saturated rings. The Morgan fingerprint density at radius 3 is 2.50 bits per heavy atom. The van der Waals surface area contributed by atoms with Crippen LogP contribution in [0.5, 0.6) is 11.5 Å². The normalized spacial score (nSPS) is 11.3. The number of hydrogen-bond acceptors (Lipinski definition) is 6. The maximum atomic E-state index is 12.0. The summed E-state index contributed by atoms with van der Waals surface area (Å²) < 4.78 is 15.2. The van der Waals surface area contributed by atoms with Gasteiger partial charge in [-0.15, -0.1) is 0 Å². The van der Waals surface area contributed by atoms with E-state index in [2.05, 4.69) is 5.32 Å². The van der Waals surface area contributed by atoms with Crippen LogP contribution in [0.4, 0.5) is 0 Å². The van der Waals surface area contributed by atoms with Gasteiger partial charge in [-0.1, -0.05) is 13.8 Å². The highest BCUT2D eigenvalue weighted by Gasteiger charge is 2.22. The van der Waals surface area contributed by atoms with E-state index in [1.807, 2.05) is 19.9 Å². The molecule has 0 aliphatic heterocycles. The first-order valence-corrected chi connectivity index (χ1v) is 7.49. The molecule has 24 heavy (non-hydrogen) atoms. The highest BCUT2D eigenvalue weighted by atomic mass is 16.5. The Hall–Kier alpha value is -2.75. The molecule has 1 amide bonds. The lowest BCUT2D eigenvalue weighted by Gasteiger charge is -2.18. The van der Waals surface area contributed by atoms with Gasteiger partial charge in [-0.3, -0.25) is 4.79 Å². The molecule has 1 atom stereocenters. The average Bonchev–Trinajstić information content (AvgIpc) is 2.57. The van der Waals surface area contributed by atoms with Gasteiger partial charge in [-0.25, -0.2) is 4.79 Å². The fourth-order valence-corrected chi connectivity index (χ4v) is 2.06. The number of benzene rings is 1. The Labute approximate surface area is 141 Å². The summed E-state index contributed by atoms with van der Waals surface area (Å²) in [5, 5.41) is 11.5. The molecule has 1 N–H and O–H groups in total. The van der Waals surface area contributed by atoms with Gasteiger partial charge in [-0.2, -0.15) is 5.26 Å². The van der Waals surface area contributed by atoms with Gasteiger partial charge in [0.15, 0.2) is 18.1 Å². The number of esters is 1. The minimum absolute atomic E-state index is 0.217. The van der Waals surface area contributed by atoms with E-state index in [0.717, 1.165) is 0 Å². The number of nitrogens with one attached hydrogen (secondary N) is 1. The van der Waals surface area contributed by atoms with Crippen LogP contribution in [0, 0.1) is 17.2 Å². The van der Waals surface area contributed by atoms with Crippen LogP contribution in [-0.2, 0) is 14.3 Å². The fraction of sp³-hybridized carbons (Fsp3) is 0.471. The van der Waals surface area contributed by atoms with E-state index in [-0.39, 0.29) is 12.5 Å². The van der Waals surface area contributed by atoms with Crippen molar-refractivity contribution >= 4 is 11.9 Å². The lowest BCUT2D eigenvalue weighted by Crippen LogP contribution is -2.44. The lowest BCUT2D eigenvalue weighted by atomic mass is 10.0. The second kappa shape index (κ2) is 9.40. The van der Waals surface area contributed by atoms with Crippen molar-refractivity contribution in [3.8, 4) is 17.6 Å². The highest BCUT2D eigenvalue weighted by molar-refractivity contribution is 5.85. The van der Waals surface area contributed by atoms with Gasteiger partial charge in [0.25, 0.3) is 5.91 Å². The van der Waals surface area contributed by atoms with Gasteiger partial charge in [-0.05, 0) is 24.5 Å². The molecule has 7 nitrogen and oxygen atoms in total. The molecule has 1 aromatic rings. The van der Waals surface area contributed by atoms with Crippen LogP contribution in [0.1, 0.15) is 25.8 Å². The molecule has 1 aromatic carbocycles. The Morgan fingerprint density at radius 2 is 1.96 bits per heavy atom. The van der Waals surface area contributed by atoms with Gasteiger partial charge in [0, 0.05) is 6.07 Å². The van der Waals surface area contributed by atoms with E-state index < -0.39 is 17.9 Å². The summed E-state index contributed by atoms with van der Waals surface area (Å²) >= 11 is 0. The zero-order chi connectivity index (χ0) is 18.1. The molecular formula is C17H22N2O5. The van der Waals surface area contributed by atoms with Crippen molar-refractivity contribution in [3.05, 3.63) is 23.8 Å². The third-order valence-corrected chi connectivity index (χ3v) is 3.18. The van der Waals surface area contributed by atoms with Crippen molar-refractivity contribution in [1.82, 2.24) is 5.32 Å². The fourth-order valence-electron chi connectivity index (χ4n) is 2.06. The Morgan fingerprint density at radius 1 is 1.25 bits per heavy atom. The molecular weight excluding hydrogens is 312 g/mol. The average molecular weight is 334 g/mol. The first kappa shape index (κ1) is 19.3. The minimum atomic E-state index is -0.714. The van der Waals surface area contributed by atoms with Gasteiger partial charge >= 0.3 is 5.97 Å². The molecule has 0 aliphatic rings. The van der Waals surface area contributed by atoms with E-state index in [0.29, 0.717) is 23.5 Å². The number of nitriles is 1. The summed E-state index contributed by atoms with van der Waals surface area (Å²) in [5.74, 6) is -0.0296. The zero-order valence-electron chi connectivity index (χ0n) is 14.3. The Kier molecular flexibility index (Phi) is 7.56. The SMILES string of the molecule is COC(=O)[C@@H](CC(C)C)NC(=O)COc1ccc(C#N)cc1OC. The van der Waals surface area contributed by atoms with E-state index in [1.165, 1.54) is 20.3 Å². The summed E-state index contributed by atoms with van der Waals surface area (Å²) in [7, 11) is 2.72. The first-order valence-electron chi connectivity index (χ1n) is 7.49. The minimum Gasteiger partial charge on any atom is -0.493 e. The molecule has 0 saturated carbocycles. The van der Waals surface area contributed by atoms with Gasteiger partial charge in [0.2, 0.25) is 0 Å². The van der Waals surface area contributed by atoms with Crippen LogP contribution in [0.3, 0.4) is 0 Å². The highest BCUT2D eigenvalue weighted by Crippen LogP contribution is 2.27. The number of carbonyl (C=O) groups is 2. The second-order valence-electron chi connectivity index (χ2n) is 5.54. The molecule has 0 spiro atoms. The lowest BCUT2D eigenvalue weighted by molar-refractivity contribution is -0.145. The van der Waals surface area contributed by atoms with Crippen LogP contribution in [-0.4, -0.2) is 38.7 Å². The van der Waals surface area contributed by atoms with Gasteiger partial charge in [0.05, 0.1) is 25.9 Å². The molecule has 0 saturated heterocycles. The number of amides is 1. The van der Waals surface area contributed by atoms with Crippen molar-refractivity contribution in [3.63, 3.8) is 0 Å². The van der Waals surface area contributed by atoms with Crippen molar-refractivity contribution < 1.29 is 23.8 Å². The summed E-state index contributed by atoms with van der Waals surface area (Å²) in [6, 6.07) is 5.91. The third kappa shape index (κ3) is 5.80. The molecule has 0 radical (unpaired) electrons. The second-order valence-corrected chi connectivity index (χ2v) is 5.54.